The van der Waals surface area contributed by atoms with Crippen LogP contribution in [0.15, 0.2) is 53.2 Å². The van der Waals surface area contributed by atoms with Crippen molar-refractivity contribution in [2.24, 2.45) is 0 Å². The molecule has 6 nitrogen and oxygen atoms in total. The van der Waals surface area contributed by atoms with E-state index in [0.29, 0.717) is 29.6 Å². The van der Waals surface area contributed by atoms with E-state index in [-0.39, 0.29) is 11.9 Å². The Hall–Kier alpha value is -3.00. The first-order valence-electron chi connectivity index (χ1n) is 8.10. The Morgan fingerprint density at radius 1 is 1.15 bits per heavy atom. The summed E-state index contributed by atoms with van der Waals surface area (Å²) in [6.45, 7) is 2.48. The molecule has 0 bridgehead atoms. The average molecular weight is 369 g/mol. The van der Waals surface area contributed by atoms with Crippen molar-refractivity contribution >= 4 is 22.8 Å². The van der Waals surface area contributed by atoms with Gasteiger partial charge in [0.05, 0.1) is 6.54 Å². The first kappa shape index (κ1) is 16.5. The summed E-state index contributed by atoms with van der Waals surface area (Å²) in [5, 5.41) is 20.2. The van der Waals surface area contributed by atoms with E-state index >= 15 is 0 Å². The Balaban J connectivity index is 1.45. The van der Waals surface area contributed by atoms with Crippen LogP contribution in [-0.4, -0.2) is 32.5 Å². The summed E-state index contributed by atoms with van der Waals surface area (Å²) in [7, 11) is 0. The molecule has 0 amide bonds. The molecule has 3 aromatic heterocycles. The molecule has 3 heterocycles. The summed E-state index contributed by atoms with van der Waals surface area (Å²) >= 11 is 1.60. The number of hydrogen-bond acceptors (Lipinski definition) is 6. The summed E-state index contributed by atoms with van der Waals surface area (Å²) in [4.78, 5) is 0. The van der Waals surface area contributed by atoms with Gasteiger partial charge in [-0.1, -0.05) is 0 Å². The topological polar surface area (TPSA) is 64.3 Å². The highest BCUT2D eigenvalue weighted by Crippen LogP contribution is 2.21. The van der Waals surface area contributed by atoms with Crippen molar-refractivity contribution in [2.75, 3.05) is 11.9 Å². The SMILES string of the molecule is CC(CNc1ccc2nnc(-c3ccsc3)n2n1)Oc1ccc(F)cc1. The van der Waals surface area contributed by atoms with E-state index in [0.717, 1.165) is 5.56 Å². The van der Waals surface area contributed by atoms with Crippen LogP contribution in [-0.2, 0) is 0 Å². The summed E-state index contributed by atoms with van der Waals surface area (Å²) < 4.78 is 20.4. The third kappa shape index (κ3) is 3.50. The Morgan fingerprint density at radius 2 is 2.00 bits per heavy atom. The fourth-order valence-electron chi connectivity index (χ4n) is 2.49. The lowest BCUT2D eigenvalue weighted by Gasteiger charge is -2.15. The van der Waals surface area contributed by atoms with Crippen LogP contribution in [0, 0.1) is 5.82 Å². The van der Waals surface area contributed by atoms with Gasteiger partial charge in [0.2, 0.25) is 0 Å². The van der Waals surface area contributed by atoms with Crippen LogP contribution < -0.4 is 10.1 Å². The molecule has 1 N–H and O–H groups in total. The van der Waals surface area contributed by atoms with Crippen molar-refractivity contribution < 1.29 is 9.13 Å². The third-order valence-electron chi connectivity index (χ3n) is 3.76. The van der Waals surface area contributed by atoms with E-state index in [1.54, 1.807) is 28.0 Å². The minimum Gasteiger partial charge on any atom is -0.489 e. The standard InChI is InChI=1S/C18H16FN5OS/c1-12(25-15-4-2-14(19)3-5-15)10-20-16-6-7-17-21-22-18(24(17)23-16)13-8-9-26-11-13/h2-9,11-12H,10H2,1H3,(H,20,23). The predicted molar refractivity (Wildman–Crippen MR) is 99.1 cm³/mol. The summed E-state index contributed by atoms with van der Waals surface area (Å²) in [5.41, 5.74) is 1.67. The summed E-state index contributed by atoms with van der Waals surface area (Å²) in [5.74, 6) is 1.75. The van der Waals surface area contributed by atoms with Gasteiger partial charge in [0.15, 0.2) is 11.5 Å². The van der Waals surface area contributed by atoms with Crippen LogP contribution in [0.25, 0.3) is 17.0 Å². The predicted octanol–water partition coefficient (Wildman–Crippen LogP) is 3.87. The monoisotopic (exact) mass is 369 g/mol. The number of benzene rings is 1. The second-order valence-electron chi connectivity index (χ2n) is 5.79. The normalized spacial score (nSPS) is 12.2. The van der Waals surface area contributed by atoms with E-state index < -0.39 is 0 Å². The highest BCUT2D eigenvalue weighted by atomic mass is 32.1. The first-order valence-corrected chi connectivity index (χ1v) is 9.04. The number of thiophene rings is 1. The molecule has 4 aromatic rings. The van der Waals surface area contributed by atoms with E-state index in [9.17, 15) is 4.39 Å². The largest absolute Gasteiger partial charge is 0.489 e. The molecule has 8 heteroatoms. The number of nitrogens with zero attached hydrogens (tertiary/aromatic N) is 4. The summed E-state index contributed by atoms with van der Waals surface area (Å²) in [6, 6.07) is 11.7. The summed E-state index contributed by atoms with van der Waals surface area (Å²) in [6.07, 6.45) is -0.116. The van der Waals surface area contributed by atoms with Crippen molar-refractivity contribution in [3.05, 3.63) is 59.0 Å². The van der Waals surface area contributed by atoms with Gasteiger partial charge in [-0.05, 0) is 54.8 Å². The molecular weight excluding hydrogens is 353 g/mol. The number of halogens is 1. The molecule has 0 saturated heterocycles. The van der Waals surface area contributed by atoms with Crippen molar-refractivity contribution in [3.63, 3.8) is 0 Å². The van der Waals surface area contributed by atoms with E-state index in [4.69, 9.17) is 4.74 Å². The number of aromatic nitrogens is 4. The Labute approximate surface area is 153 Å². The highest BCUT2D eigenvalue weighted by molar-refractivity contribution is 7.08. The molecule has 1 unspecified atom stereocenters. The Morgan fingerprint density at radius 3 is 2.77 bits per heavy atom. The van der Waals surface area contributed by atoms with Gasteiger partial charge in [-0.2, -0.15) is 15.9 Å². The number of fused-ring (bicyclic) bond motifs is 1. The quantitative estimate of drug-likeness (QED) is 0.559. The maximum atomic E-state index is 12.9. The zero-order valence-corrected chi connectivity index (χ0v) is 14.8. The van der Waals surface area contributed by atoms with Gasteiger partial charge in [0.25, 0.3) is 0 Å². The van der Waals surface area contributed by atoms with E-state index in [2.05, 4.69) is 20.6 Å². The van der Waals surface area contributed by atoms with Gasteiger partial charge < -0.3 is 10.1 Å². The molecular formula is C18H16FN5OS. The fourth-order valence-corrected chi connectivity index (χ4v) is 3.12. The second kappa shape index (κ2) is 7.09. The van der Waals surface area contributed by atoms with Crippen LogP contribution in [0.2, 0.25) is 0 Å². The van der Waals surface area contributed by atoms with Crippen LogP contribution in [0.1, 0.15) is 6.92 Å². The first-order chi connectivity index (χ1) is 12.7. The number of nitrogens with one attached hydrogen (secondary N) is 1. The van der Waals surface area contributed by atoms with Gasteiger partial charge in [0, 0.05) is 10.9 Å². The molecule has 0 radical (unpaired) electrons. The van der Waals surface area contributed by atoms with Gasteiger partial charge in [0.1, 0.15) is 23.5 Å². The van der Waals surface area contributed by atoms with Crippen molar-refractivity contribution in [1.82, 2.24) is 19.8 Å². The molecule has 0 aliphatic carbocycles. The van der Waals surface area contributed by atoms with Crippen LogP contribution in [0.5, 0.6) is 5.75 Å². The third-order valence-corrected chi connectivity index (χ3v) is 4.45. The Kier molecular flexibility index (Phi) is 4.49. The lowest BCUT2D eigenvalue weighted by molar-refractivity contribution is 0.234. The highest BCUT2D eigenvalue weighted by Gasteiger charge is 2.11. The van der Waals surface area contributed by atoms with Crippen molar-refractivity contribution in [3.8, 4) is 17.1 Å². The smallest absolute Gasteiger partial charge is 0.186 e. The number of hydrogen-bond donors (Lipinski definition) is 1. The number of ether oxygens (including phenoxy) is 1. The lowest BCUT2D eigenvalue weighted by atomic mass is 10.3. The molecule has 132 valence electrons. The lowest BCUT2D eigenvalue weighted by Crippen LogP contribution is -2.23. The second-order valence-corrected chi connectivity index (χ2v) is 6.57. The molecule has 0 spiro atoms. The molecule has 26 heavy (non-hydrogen) atoms. The molecule has 0 saturated carbocycles. The minimum atomic E-state index is -0.281. The number of anilines is 1. The molecule has 0 fully saturated rings. The van der Waals surface area contributed by atoms with Crippen LogP contribution >= 0.6 is 11.3 Å². The molecule has 4 rings (SSSR count). The van der Waals surface area contributed by atoms with Crippen LogP contribution in [0.3, 0.4) is 0 Å². The minimum absolute atomic E-state index is 0.116. The van der Waals surface area contributed by atoms with E-state index in [1.807, 2.05) is 35.9 Å². The van der Waals surface area contributed by atoms with E-state index in [1.165, 1.54) is 12.1 Å². The zero-order valence-electron chi connectivity index (χ0n) is 14.0. The molecule has 1 aromatic carbocycles. The average Bonchev–Trinajstić information content (AvgIpc) is 3.30. The van der Waals surface area contributed by atoms with Crippen molar-refractivity contribution in [2.45, 2.75) is 13.0 Å². The maximum absolute atomic E-state index is 12.9. The molecule has 0 aliphatic rings. The van der Waals surface area contributed by atoms with Gasteiger partial charge in [-0.3, -0.25) is 0 Å². The fraction of sp³-hybridized carbons (Fsp3) is 0.167. The Bertz CT molecular complexity index is 1000. The molecule has 0 aliphatic heterocycles. The maximum Gasteiger partial charge on any atom is 0.186 e. The van der Waals surface area contributed by atoms with Crippen LogP contribution in [0.4, 0.5) is 10.2 Å². The van der Waals surface area contributed by atoms with Gasteiger partial charge in [-0.15, -0.1) is 15.3 Å². The van der Waals surface area contributed by atoms with Crippen molar-refractivity contribution in [1.29, 1.82) is 0 Å². The number of rotatable bonds is 6. The van der Waals surface area contributed by atoms with Gasteiger partial charge >= 0.3 is 0 Å². The van der Waals surface area contributed by atoms with Gasteiger partial charge in [-0.25, -0.2) is 4.39 Å². The zero-order chi connectivity index (χ0) is 17.9. The molecule has 1 atom stereocenters.